The fraction of sp³-hybridized carbons (Fsp3) is 0.688. The Kier molecular flexibility index (Phi) is 3.46. The zero-order valence-electron chi connectivity index (χ0n) is 12.5. The second-order valence-corrected chi connectivity index (χ2v) is 6.70. The summed E-state index contributed by atoms with van der Waals surface area (Å²) >= 11 is 0. The van der Waals surface area contributed by atoms with Gasteiger partial charge in [-0.2, -0.15) is 0 Å². The maximum Gasteiger partial charge on any atom is 0.248 e. The molecule has 2 aliphatic carbocycles. The molecule has 0 aliphatic heterocycles. The highest BCUT2D eigenvalue weighted by Crippen LogP contribution is 2.44. The lowest BCUT2D eigenvalue weighted by Gasteiger charge is -2.53. The van der Waals surface area contributed by atoms with Gasteiger partial charge in [0, 0.05) is 36.4 Å². The van der Waals surface area contributed by atoms with E-state index in [4.69, 9.17) is 4.74 Å². The van der Waals surface area contributed by atoms with Crippen LogP contribution in [0.25, 0.3) is 0 Å². The Hall–Kier alpha value is -1.13. The molecule has 0 saturated heterocycles. The number of fused-ring (bicyclic) bond motifs is 1. The molecular weight excluding hydrogens is 252 g/mol. The monoisotopic (exact) mass is 276 g/mol. The quantitative estimate of drug-likeness (QED) is 0.889. The van der Waals surface area contributed by atoms with E-state index in [9.17, 15) is 4.79 Å². The Bertz CT molecular complexity index is 550. The number of aromatic nitrogens is 1. The summed E-state index contributed by atoms with van der Waals surface area (Å²) in [7, 11) is 1.79. The van der Waals surface area contributed by atoms with Crippen LogP contribution in [-0.2, 0) is 11.2 Å². The first-order valence-corrected chi connectivity index (χ1v) is 7.53. The molecule has 0 radical (unpaired) electrons. The number of aryl methyl sites for hydroxylation is 1. The smallest absolute Gasteiger partial charge is 0.248 e. The summed E-state index contributed by atoms with van der Waals surface area (Å²) in [6.45, 7) is 4.53. The van der Waals surface area contributed by atoms with E-state index in [-0.39, 0.29) is 11.0 Å². The second kappa shape index (κ2) is 5.01. The van der Waals surface area contributed by atoms with Gasteiger partial charge in [-0.15, -0.1) is 0 Å². The fourth-order valence-electron chi connectivity index (χ4n) is 3.68. The molecular formula is C16H24N2O2. The van der Waals surface area contributed by atoms with E-state index in [1.807, 2.05) is 6.07 Å². The van der Waals surface area contributed by atoms with Crippen molar-refractivity contribution >= 4 is 0 Å². The molecule has 1 heterocycles. The lowest BCUT2D eigenvalue weighted by atomic mass is 9.64. The molecule has 1 saturated carbocycles. The minimum absolute atomic E-state index is 0.00724. The predicted octanol–water partition coefficient (Wildman–Crippen LogP) is 2.16. The molecule has 4 nitrogen and oxygen atoms in total. The Balaban J connectivity index is 1.76. The van der Waals surface area contributed by atoms with Crippen LogP contribution >= 0.6 is 0 Å². The molecule has 1 aromatic rings. The zero-order chi connectivity index (χ0) is 14.3. The average molecular weight is 276 g/mol. The Morgan fingerprint density at radius 1 is 1.40 bits per heavy atom. The maximum atomic E-state index is 11.4. The van der Waals surface area contributed by atoms with Crippen LogP contribution in [0.2, 0.25) is 0 Å². The van der Waals surface area contributed by atoms with Crippen LogP contribution in [0.5, 0.6) is 0 Å². The van der Waals surface area contributed by atoms with E-state index in [0.29, 0.717) is 18.2 Å². The summed E-state index contributed by atoms with van der Waals surface area (Å²) in [4.78, 5) is 14.4. The normalized spacial score (nSPS) is 31.4. The van der Waals surface area contributed by atoms with Gasteiger partial charge in [0.15, 0.2) is 0 Å². The molecule has 4 heteroatoms. The summed E-state index contributed by atoms with van der Waals surface area (Å²) in [5.74, 6) is 0. The topological polar surface area (TPSA) is 54.1 Å². The van der Waals surface area contributed by atoms with Crippen molar-refractivity contribution in [1.82, 2.24) is 10.3 Å². The van der Waals surface area contributed by atoms with Crippen molar-refractivity contribution in [2.75, 3.05) is 7.11 Å². The van der Waals surface area contributed by atoms with Gasteiger partial charge in [0.05, 0.1) is 6.10 Å². The van der Waals surface area contributed by atoms with Crippen molar-refractivity contribution in [1.29, 1.82) is 0 Å². The van der Waals surface area contributed by atoms with Crippen molar-refractivity contribution < 1.29 is 4.74 Å². The number of nitrogens with one attached hydrogen (secondary N) is 2. The number of pyridine rings is 1. The molecule has 20 heavy (non-hydrogen) atoms. The largest absolute Gasteiger partial charge is 0.381 e. The molecule has 3 atom stereocenters. The van der Waals surface area contributed by atoms with Crippen LogP contribution in [0, 0.1) is 5.41 Å². The van der Waals surface area contributed by atoms with Gasteiger partial charge in [0.25, 0.3) is 0 Å². The number of ether oxygens (including phenoxy) is 1. The van der Waals surface area contributed by atoms with E-state index < -0.39 is 0 Å². The first kappa shape index (κ1) is 13.8. The Morgan fingerprint density at radius 3 is 2.90 bits per heavy atom. The van der Waals surface area contributed by atoms with E-state index in [1.54, 1.807) is 13.2 Å². The van der Waals surface area contributed by atoms with Gasteiger partial charge in [-0.1, -0.05) is 19.9 Å². The lowest BCUT2D eigenvalue weighted by molar-refractivity contribution is -0.101. The highest BCUT2D eigenvalue weighted by atomic mass is 16.5. The molecule has 0 aromatic carbocycles. The van der Waals surface area contributed by atoms with Gasteiger partial charge in [0.1, 0.15) is 0 Å². The first-order valence-electron chi connectivity index (χ1n) is 7.53. The third-order valence-corrected chi connectivity index (χ3v) is 5.20. The fourth-order valence-corrected chi connectivity index (χ4v) is 3.68. The molecule has 1 aromatic heterocycles. The van der Waals surface area contributed by atoms with Crippen LogP contribution in [0.15, 0.2) is 16.9 Å². The average Bonchev–Trinajstić information content (AvgIpc) is 2.42. The van der Waals surface area contributed by atoms with Crippen LogP contribution < -0.4 is 10.9 Å². The molecule has 1 fully saturated rings. The number of H-pyrrole nitrogens is 1. The van der Waals surface area contributed by atoms with E-state index >= 15 is 0 Å². The van der Waals surface area contributed by atoms with Gasteiger partial charge in [-0.25, -0.2) is 0 Å². The summed E-state index contributed by atoms with van der Waals surface area (Å²) in [5, 5.41) is 3.78. The van der Waals surface area contributed by atoms with Gasteiger partial charge in [0.2, 0.25) is 5.56 Å². The zero-order valence-corrected chi connectivity index (χ0v) is 12.5. The highest BCUT2D eigenvalue weighted by Gasteiger charge is 2.49. The van der Waals surface area contributed by atoms with E-state index in [2.05, 4.69) is 24.1 Å². The number of aromatic amines is 1. The van der Waals surface area contributed by atoms with Crippen LogP contribution in [0.4, 0.5) is 0 Å². The van der Waals surface area contributed by atoms with E-state index in [1.165, 1.54) is 5.56 Å². The Morgan fingerprint density at radius 2 is 2.20 bits per heavy atom. The number of hydrogen-bond acceptors (Lipinski definition) is 3. The third-order valence-electron chi connectivity index (χ3n) is 5.20. The predicted molar refractivity (Wildman–Crippen MR) is 78.9 cm³/mol. The molecule has 2 N–H and O–H groups in total. The van der Waals surface area contributed by atoms with Crippen molar-refractivity contribution in [3.8, 4) is 0 Å². The molecule has 3 rings (SSSR count). The standard InChI is InChI=1S/C16H24N2O2/c1-16(2)13(9-14(16)20-3)17-11-5-4-6-12-10(11)7-8-15(19)18-12/h7-8,11,13-14,17H,4-6,9H2,1-3H3,(H,18,19). The van der Waals surface area contributed by atoms with Gasteiger partial charge in [-0.05, 0) is 31.2 Å². The summed E-state index contributed by atoms with van der Waals surface area (Å²) in [5.41, 5.74) is 2.57. The van der Waals surface area contributed by atoms with Crippen molar-refractivity contribution in [2.24, 2.45) is 5.41 Å². The molecule has 3 unspecified atom stereocenters. The molecule has 0 bridgehead atoms. The van der Waals surface area contributed by atoms with Gasteiger partial charge >= 0.3 is 0 Å². The van der Waals surface area contributed by atoms with Crippen LogP contribution in [0.1, 0.15) is 50.4 Å². The number of methoxy groups -OCH3 is 1. The Labute approximate surface area is 119 Å². The molecule has 0 amide bonds. The molecule has 0 spiro atoms. The highest BCUT2D eigenvalue weighted by molar-refractivity contribution is 5.26. The lowest BCUT2D eigenvalue weighted by Crippen LogP contribution is -2.61. The number of hydrogen-bond donors (Lipinski definition) is 2. The molecule has 110 valence electrons. The summed E-state index contributed by atoms with van der Waals surface area (Å²) in [6, 6.07) is 4.47. The summed E-state index contributed by atoms with van der Waals surface area (Å²) in [6.07, 6.45) is 4.67. The van der Waals surface area contributed by atoms with Crippen LogP contribution in [-0.4, -0.2) is 24.2 Å². The molecule has 2 aliphatic rings. The van der Waals surface area contributed by atoms with Gasteiger partial charge < -0.3 is 15.0 Å². The van der Waals surface area contributed by atoms with Crippen molar-refractivity contribution in [2.45, 2.75) is 57.7 Å². The van der Waals surface area contributed by atoms with Gasteiger partial charge in [-0.3, -0.25) is 4.79 Å². The number of rotatable bonds is 3. The van der Waals surface area contributed by atoms with E-state index in [0.717, 1.165) is 31.4 Å². The second-order valence-electron chi connectivity index (χ2n) is 6.70. The SMILES string of the molecule is COC1CC(NC2CCCc3[nH]c(=O)ccc32)C1(C)C. The third kappa shape index (κ3) is 2.21. The van der Waals surface area contributed by atoms with Crippen molar-refractivity contribution in [3.63, 3.8) is 0 Å². The first-order chi connectivity index (χ1) is 9.52. The maximum absolute atomic E-state index is 11.4. The minimum Gasteiger partial charge on any atom is -0.381 e. The minimum atomic E-state index is 0.00724. The van der Waals surface area contributed by atoms with Crippen molar-refractivity contribution in [3.05, 3.63) is 33.7 Å². The van der Waals surface area contributed by atoms with Crippen LogP contribution in [0.3, 0.4) is 0 Å². The summed E-state index contributed by atoms with van der Waals surface area (Å²) < 4.78 is 5.52.